The Morgan fingerprint density at radius 1 is 0.800 bits per heavy atom. The minimum absolute atomic E-state index is 0.0852. The van der Waals surface area contributed by atoms with E-state index >= 15 is 0 Å². The second kappa shape index (κ2) is 11.5. The van der Waals surface area contributed by atoms with Crippen LogP contribution in [0.15, 0.2) is 59.5 Å². The number of sulfonamides is 1. The van der Waals surface area contributed by atoms with Gasteiger partial charge in [0.2, 0.25) is 10.0 Å². The standard InChI is InChI=1S/C30H33Cl2N3O4S/c1-19-14-23(30(3,4)5)15-20(2)27(19)40(38,39)35-12-10-34(11-13-35)29(37)21-6-8-26(9-7-21)33-28(36)22-16-24(31)18-25(32)17-22/h6-9,14-18H,10-13H2,1-5H3,(H,33,36). The van der Waals surface area contributed by atoms with Gasteiger partial charge < -0.3 is 10.2 Å². The summed E-state index contributed by atoms with van der Waals surface area (Å²) in [7, 11) is -3.71. The zero-order valence-corrected chi connectivity index (χ0v) is 25.5. The smallest absolute Gasteiger partial charge is 0.255 e. The van der Waals surface area contributed by atoms with E-state index in [0.717, 1.165) is 16.7 Å². The first kappa shape index (κ1) is 30.1. The summed E-state index contributed by atoms with van der Waals surface area (Å²) < 4.78 is 28.6. The lowest BCUT2D eigenvalue weighted by Gasteiger charge is -2.35. The Labute approximate surface area is 246 Å². The molecule has 40 heavy (non-hydrogen) atoms. The molecule has 3 aromatic carbocycles. The lowest BCUT2D eigenvalue weighted by molar-refractivity contribution is 0.0697. The van der Waals surface area contributed by atoms with Gasteiger partial charge in [0.25, 0.3) is 11.8 Å². The van der Waals surface area contributed by atoms with Crippen LogP contribution in [0, 0.1) is 13.8 Å². The lowest BCUT2D eigenvalue weighted by atomic mass is 9.85. The molecule has 0 atom stereocenters. The summed E-state index contributed by atoms with van der Waals surface area (Å²) in [6, 6.07) is 15.0. The van der Waals surface area contributed by atoms with Crippen LogP contribution in [0.4, 0.5) is 5.69 Å². The van der Waals surface area contributed by atoms with Crippen molar-refractivity contribution in [3.8, 4) is 0 Å². The number of rotatable bonds is 5. The number of carbonyl (C=O) groups excluding carboxylic acids is 2. The van der Waals surface area contributed by atoms with Gasteiger partial charge in [0.05, 0.1) is 4.90 Å². The summed E-state index contributed by atoms with van der Waals surface area (Å²) in [5, 5.41) is 3.48. The van der Waals surface area contributed by atoms with Crippen molar-refractivity contribution in [1.29, 1.82) is 0 Å². The summed E-state index contributed by atoms with van der Waals surface area (Å²) in [6.07, 6.45) is 0. The fraction of sp³-hybridized carbons (Fsp3) is 0.333. The van der Waals surface area contributed by atoms with Crippen LogP contribution in [0.25, 0.3) is 0 Å². The molecule has 7 nitrogen and oxygen atoms in total. The van der Waals surface area contributed by atoms with Crippen molar-refractivity contribution in [2.45, 2.75) is 44.9 Å². The molecule has 0 saturated carbocycles. The molecular weight excluding hydrogens is 569 g/mol. The van der Waals surface area contributed by atoms with Crippen molar-refractivity contribution in [3.05, 3.63) is 92.5 Å². The number of nitrogens with one attached hydrogen (secondary N) is 1. The molecule has 1 fully saturated rings. The number of hydrogen-bond donors (Lipinski definition) is 1. The Morgan fingerprint density at radius 2 is 1.32 bits per heavy atom. The van der Waals surface area contributed by atoms with Crippen molar-refractivity contribution >= 4 is 50.7 Å². The Kier molecular flexibility index (Phi) is 8.66. The van der Waals surface area contributed by atoms with Gasteiger partial charge >= 0.3 is 0 Å². The number of hydrogen-bond acceptors (Lipinski definition) is 4. The molecule has 0 unspecified atom stereocenters. The second-order valence-electron chi connectivity index (χ2n) is 11.1. The summed E-state index contributed by atoms with van der Waals surface area (Å²) in [4.78, 5) is 27.7. The van der Waals surface area contributed by atoms with Crippen LogP contribution < -0.4 is 5.32 Å². The molecular formula is C30H33Cl2N3O4S. The molecule has 0 aliphatic carbocycles. The number of nitrogens with zero attached hydrogens (tertiary/aromatic N) is 2. The third-order valence-corrected chi connectivity index (χ3v) is 9.61. The Bertz CT molecular complexity index is 1510. The maximum absolute atomic E-state index is 13.6. The molecule has 212 valence electrons. The molecule has 1 N–H and O–H groups in total. The van der Waals surface area contributed by atoms with Crippen molar-refractivity contribution in [1.82, 2.24) is 9.21 Å². The van der Waals surface area contributed by atoms with E-state index in [2.05, 4.69) is 26.1 Å². The highest BCUT2D eigenvalue weighted by Crippen LogP contribution is 2.31. The molecule has 2 amide bonds. The third kappa shape index (κ3) is 6.52. The predicted octanol–water partition coefficient (Wildman–Crippen LogP) is 6.31. The zero-order valence-electron chi connectivity index (χ0n) is 23.2. The van der Waals surface area contributed by atoms with Crippen LogP contribution in [0.5, 0.6) is 0 Å². The van der Waals surface area contributed by atoms with E-state index in [1.165, 1.54) is 16.4 Å². The maximum atomic E-state index is 13.6. The molecule has 1 aliphatic heterocycles. The first-order valence-corrected chi connectivity index (χ1v) is 15.1. The summed E-state index contributed by atoms with van der Waals surface area (Å²) in [5.41, 5.74) is 3.75. The van der Waals surface area contributed by atoms with Gasteiger partial charge in [-0.15, -0.1) is 0 Å². The van der Waals surface area contributed by atoms with Gasteiger partial charge in [-0.2, -0.15) is 4.31 Å². The number of benzene rings is 3. The van der Waals surface area contributed by atoms with Gasteiger partial charge in [-0.1, -0.05) is 56.1 Å². The Hall–Kier alpha value is -2.91. The monoisotopic (exact) mass is 601 g/mol. The SMILES string of the molecule is Cc1cc(C(C)(C)C)cc(C)c1S(=O)(=O)N1CCN(C(=O)c2ccc(NC(=O)c3cc(Cl)cc(Cl)c3)cc2)CC1. The molecule has 1 aliphatic rings. The second-order valence-corrected chi connectivity index (χ2v) is 13.8. The molecule has 1 heterocycles. The van der Waals surface area contributed by atoms with Crippen LogP contribution in [0.1, 0.15) is 58.2 Å². The lowest BCUT2D eigenvalue weighted by Crippen LogP contribution is -2.50. The first-order chi connectivity index (χ1) is 18.7. The van der Waals surface area contributed by atoms with E-state index in [-0.39, 0.29) is 43.4 Å². The van der Waals surface area contributed by atoms with Gasteiger partial charge in [-0.25, -0.2) is 8.42 Å². The van der Waals surface area contributed by atoms with Gasteiger partial charge in [-0.05, 0) is 78.4 Å². The number of piperazine rings is 1. The normalized spacial score (nSPS) is 14.7. The largest absolute Gasteiger partial charge is 0.336 e. The van der Waals surface area contributed by atoms with E-state index in [1.807, 2.05) is 26.0 Å². The van der Waals surface area contributed by atoms with Crippen LogP contribution in [-0.2, 0) is 15.4 Å². The minimum Gasteiger partial charge on any atom is -0.336 e. The molecule has 1 saturated heterocycles. The van der Waals surface area contributed by atoms with E-state index in [1.54, 1.807) is 35.2 Å². The topological polar surface area (TPSA) is 86.8 Å². The van der Waals surface area contributed by atoms with E-state index in [4.69, 9.17) is 23.2 Å². The molecule has 4 rings (SSSR count). The molecule has 3 aromatic rings. The molecule has 0 aromatic heterocycles. The van der Waals surface area contributed by atoms with Crippen molar-refractivity contribution in [2.75, 3.05) is 31.5 Å². The molecule has 0 radical (unpaired) electrons. The van der Waals surface area contributed by atoms with Gasteiger partial charge in [-0.3, -0.25) is 9.59 Å². The van der Waals surface area contributed by atoms with Crippen molar-refractivity contribution < 1.29 is 18.0 Å². The van der Waals surface area contributed by atoms with Gasteiger partial charge in [0.15, 0.2) is 0 Å². The highest BCUT2D eigenvalue weighted by Gasteiger charge is 2.33. The fourth-order valence-electron chi connectivity index (χ4n) is 4.82. The average molecular weight is 603 g/mol. The van der Waals surface area contributed by atoms with Crippen LogP contribution in [-0.4, -0.2) is 55.6 Å². The summed E-state index contributed by atoms with van der Waals surface area (Å²) >= 11 is 12.0. The number of halogens is 2. The quantitative estimate of drug-likeness (QED) is 0.371. The van der Waals surface area contributed by atoms with E-state index < -0.39 is 10.0 Å². The first-order valence-electron chi connectivity index (χ1n) is 13.0. The summed E-state index contributed by atoms with van der Waals surface area (Å²) in [5.74, 6) is -0.572. The number of carbonyl (C=O) groups is 2. The molecule has 0 spiro atoms. The zero-order chi connectivity index (χ0) is 29.4. The van der Waals surface area contributed by atoms with E-state index in [0.29, 0.717) is 31.8 Å². The number of anilines is 1. The fourth-order valence-corrected chi connectivity index (χ4v) is 7.18. The van der Waals surface area contributed by atoms with Crippen LogP contribution in [0.3, 0.4) is 0 Å². The van der Waals surface area contributed by atoms with Crippen molar-refractivity contribution in [2.24, 2.45) is 0 Å². The highest BCUT2D eigenvalue weighted by atomic mass is 35.5. The maximum Gasteiger partial charge on any atom is 0.255 e. The Morgan fingerprint density at radius 3 is 1.82 bits per heavy atom. The highest BCUT2D eigenvalue weighted by molar-refractivity contribution is 7.89. The van der Waals surface area contributed by atoms with Crippen LogP contribution >= 0.6 is 23.2 Å². The van der Waals surface area contributed by atoms with Crippen molar-refractivity contribution in [3.63, 3.8) is 0 Å². The Balaban J connectivity index is 1.40. The van der Waals surface area contributed by atoms with E-state index in [9.17, 15) is 18.0 Å². The third-order valence-electron chi connectivity index (χ3n) is 6.96. The molecule has 0 bridgehead atoms. The van der Waals surface area contributed by atoms with Crippen LogP contribution in [0.2, 0.25) is 10.0 Å². The number of amides is 2. The average Bonchev–Trinajstić information content (AvgIpc) is 2.87. The summed E-state index contributed by atoms with van der Waals surface area (Å²) in [6.45, 7) is 11.0. The minimum atomic E-state index is -3.71. The molecule has 10 heteroatoms. The van der Waals surface area contributed by atoms with Gasteiger partial charge in [0, 0.05) is 53.0 Å². The predicted molar refractivity (Wildman–Crippen MR) is 160 cm³/mol. The number of aryl methyl sites for hydroxylation is 2. The van der Waals surface area contributed by atoms with Gasteiger partial charge in [0.1, 0.15) is 0 Å².